The number of benzene rings is 3. The number of amides is 1. The van der Waals surface area contributed by atoms with Crippen molar-refractivity contribution in [2.24, 2.45) is 5.10 Å². The summed E-state index contributed by atoms with van der Waals surface area (Å²) in [5.74, 6) is -0.251. The third kappa shape index (κ3) is 3.96. The molecule has 5 nitrogen and oxygen atoms in total. The van der Waals surface area contributed by atoms with Crippen molar-refractivity contribution in [2.45, 2.75) is 6.54 Å². The summed E-state index contributed by atoms with van der Waals surface area (Å²) in [5, 5.41) is 5.36. The van der Waals surface area contributed by atoms with E-state index in [0.717, 1.165) is 28.7 Å². The molecule has 0 spiro atoms. The molecule has 0 bridgehead atoms. The van der Waals surface area contributed by atoms with Gasteiger partial charge in [-0.3, -0.25) is 4.79 Å². The highest BCUT2D eigenvalue weighted by Crippen LogP contribution is 2.21. The summed E-state index contributed by atoms with van der Waals surface area (Å²) in [6.45, 7) is 0.770. The Morgan fingerprint density at radius 2 is 1.56 bits per heavy atom. The van der Waals surface area contributed by atoms with Gasteiger partial charge in [-0.05, 0) is 35.9 Å². The number of hydrazone groups is 1. The number of hydrogen-bond donors (Lipinski definition) is 1. The molecular formula is C27H22N4O. The van der Waals surface area contributed by atoms with Crippen LogP contribution in [0.2, 0.25) is 0 Å². The fourth-order valence-corrected chi connectivity index (χ4v) is 3.90. The first-order valence-electron chi connectivity index (χ1n) is 10.5. The van der Waals surface area contributed by atoms with E-state index in [4.69, 9.17) is 0 Å². The van der Waals surface area contributed by atoms with Crippen LogP contribution in [0.1, 0.15) is 21.5 Å². The predicted octanol–water partition coefficient (Wildman–Crippen LogP) is 5.24. The van der Waals surface area contributed by atoms with E-state index in [9.17, 15) is 4.79 Å². The normalized spacial score (nSPS) is 11.2. The number of carbonyl (C=O) groups is 1. The van der Waals surface area contributed by atoms with Gasteiger partial charge in [0.15, 0.2) is 0 Å². The summed E-state index contributed by atoms with van der Waals surface area (Å²) in [6.07, 6.45) is 7.61. The van der Waals surface area contributed by atoms with Crippen molar-refractivity contribution in [1.29, 1.82) is 0 Å². The fourth-order valence-electron chi connectivity index (χ4n) is 3.90. The van der Waals surface area contributed by atoms with Crippen molar-refractivity contribution in [3.05, 3.63) is 126 Å². The minimum absolute atomic E-state index is 0.251. The molecule has 32 heavy (non-hydrogen) atoms. The van der Waals surface area contributed by atoms with Crippen molar-refractivity contribution in [1.82, 2.24) is 14.6 Å². The SMILES string of the molecule is O=C(NN=Cc1cn(Cc2ccccc2)c2ccccc12)c1ccccc1-n1cccc1. The van der Waals surface area contributed by atoms with Gasteiger partial charge in [-0.25, -0.2) is 5.43 Å². The molecule has 0 fully saturated rings. The van der Waals surface area contributed by atoms with Gasteiger partial charge in [-0.2, -0.15) is 5.10 Å². The lowest BCUT2D eigenvalue weighted by Gasteiger charge is -2.08. The Bertz CT molecular complexity index is 1380. The van der Waals surface area contributed by atoms with Crippen LogP contribution in [0.3, 0.4) is 0 Å². The second-order valence-electron chi connectivity index (χ2n) is 7.52. The van der Waals surface area contributed by atoms with Crippen molar-refractivity contribution in [3.8, 4) is 5.69 Å². The Hall–Kier alpha value is -4.38. The number of aromatic nitrogens is 2. The maximum absolute atomic E-state index is 12.8. The summed E-state index contributed by atoms with van der Waals surface area (Å²) in [7, 11) is 0. The fraction of sp³-hybridized carbons (Fsp3) is 0.0370. The highest BCUT2D eigenvalue weighted by atomic mass is 16.2. The van der Waals surface area contributed by atoms with Crippen LogP contribution in [0.4, 0.5) is 0 Å². The van der Waals surface area contributed by atoms with Gasteiger partial charge in [-0.1, -0.05) is 60.7 Å². The van der Waals surface area contributed by atoms with E-state index in [1.54, 1.807) is 12.3 Å². The summed E-state index contributed by atoms with van der Waals surface area (Å²) < 4.78 is 4.12. The lowest BCUT2D eigenvalue weighted by Crippen LogP contribution is -2.19. The number of nitrogens with one attached hydrogen (secondary N) is 1. The van der Waals surface area contributed by atoms with Crippen LogP contribution in [0.15, 0.2) is 115 Å². The van der Waals surface area contributed by atoms with Crippen LogP contribution in [-0.2, 0) is 6.54 Å². The molecule has 2 aromatic heterocycles. The van der Waals surface area contributed by atoms with Crippen molar-refractivity contribution in [3.63, 3.8) is 0 Å². The molecule has 1 N–H and O–H groups in total. The Morgan fingerprint density at radius 3 is 2.41 bits per heavy atom. The number of fused-ring (bicyclic) bond motifs is 1. The van der Waals surface area contributed by atoms with Gasteiger partial charge >= 0.3 is 0 Å². The monoisotopic (exact) mass is 418 g/mol. The molecule has 2 heterocycles. The van der Waals surface area contributed by atoms with Crippen molar-refractivity contribution < 1.29 is 4.79 Å². The molecule has 0 saturated heterocycles. The minimum atomic E-state index is -0.251. The van der Waals surface area contributed by atoms with Gasteiger partial charge in [0.25, 0.3) is 5.91 Å². The van der Waals surface area contributed by atoms with Gasteiger partial charge in [0.05, 0.1) is 17.5 Å². The third-order valence-electron chi connectivity index (χ3n) is 5.42. The zero-order chi connectivity index (χ0) is 21.8. The maximum Gasteiger partial charge on any atom is 0.273 e. The second kappa shape index (κ2) is 8.78. The summed E-state index contributed by atoms with van der Waals surface area (Å²) in [4.78, 5) is 12.8. The Morgan fingerprint density at radius 1 is 0.844 bits per heavy atom. The summed E-state index contributed by atoms with van der Waals surface area (Å²) in [5.41, 5.74) is 7.36. The molecule has 0 atom stereocenters. The minimum Gasteiger partial charge on any atom is -0.342 e. The van der Waals surface area contributed by atoms with E-state index in [-0.39, 0.29) is 5.91 Å². The number of carbonyl (C=O) groups excluding carboxylic acids is 1. The standard InChI is InChI=1S/C27H22N4O/c32-27(24-13-5-7-15-26(24)30-16-8-9-17-30)29-28-18-22-20-31(19-21-10-2-1-3-11-21)25-14-6-4-12-23(22)25/h1-18,20H,19H2,(H,29,32). The summed E-state index contributed by atoms with van der Waals surface area (Å²) >= 11 is 0. The third-order valence-corrected chi connectivity index (χ3v) is 5.42. The molecule has 5 rings (SSSR count). The van der Waals surface area contributed by atoms with Gasteiger partial charge < -0.3 is 9.13 Å². The van der Waals surface area contributed by atoms with E-state index < -0.39 is 0 Å². The molecule has 1 amide bonds. The number of para-hydroxylation sites is 2. The average Bonchev–Trinajstić information content (AvgIpc) is 3.49. The van der Waals surface area contributed by atoms with Crippen LogP contribution >= 0.6 is 0 Å². The number of hydrogen-bond acceptors (Lipinski definition) is 2. The molecule has 3 aromatic carbocycles. The molecule has 0 unspecified atom stereocenters. The molecule has 156 valence electrons. The zero-order valence-electron chi connectivity index (χ0n) is 17.4. The topological polar surface area (TPSA) is 51.3 Å². The van der Waals surface area contributed by atoms with Crippen LogP contribution in [0.5, 0.6) is 0 Å². The molecule has 0 saturated carbocycles. The van der Waals surface area contributed by atoms with Crippen molar-refractivity contribution >= 4 is 23.0 Å². The number of rotatable bonds is 6. The Kier molecular flexibility index (Phi) is 5.37. The van der Waals surface area contributed by atoms with Crippen LogP contribution in [-0.4, -0.2) is 21.3 Å². The van der Waals surface area contributed by atoms with E-state index in [1.807, 2.05) is 77.6 Å². The Labute approximate surface area is 186 Å². The second-order valence-corrected chi connectivity index (χ2v) is 7.52. The lowest BCUT2D eigenvalue weighted by atomic mass is 10.1. The number of nitrogens with zero attached hydrogens (tertiary/aromatic N) is 3. The first-order chi connectivity index (χ1) is 15.8. The smallest absolute Gasteiger partial charge is 0.273 e. The average molecular weight is 419 g/mol. The largest absolute Gasteiger partial charge is 0.342 e. The van der Waals surface area contributed by atoms with Crippen molar-refractivity contribution in [2.75, 3.05) is 0 Å². The molecular weight excluding hydrogens is 396 g/mol. The zero-order valence-corrected chi connectivity index (χ0v) is 17.4. The van der Waals surface area contributed by atoms with E-state index in [1.165, 1.54) is 5.56 Å². The highest BCUT2D eigenvalue weighted by molar-refractivity contribution is 6.01. The predicted molar refractivity (Wildman–Crippen MR) is 128 cm³/mol. The Balaban J connectivity index is 1.39. The van der Waals surface area contributed by atoms with E-state index in [2.05, 4.69) is 45.6 Å². The molecule has 0 aliphatic heterocycles. The quantitative estimate of drug-likeness (QED) is 0.297. The van der Waals surface area contributed by atoms with Gasteiger partial charge in [0, 0.05) is 41.6 Å². The van der Waals surface area contributed by atoms with E-state index in [0.29, 0.717) is 5.56 Å². The van der Waals surface area contributed by atoms with E-state index >= 15 is 0 Å². The van der Waals surface area contributed by atoms with Crippen LogP contribution in [0.25, 0.3) is 16.6 Å². The summed E-state index contributed by atoms with van der Waals surface area (Å²) in [6, 6.07) is 29.9. The molecule has 0 aliphatic rings. The molecule has 0 radical (unpaired) electrons. The first-order valence-corrected chi connectivity index (χ1v) is 10.5. The highest BCUT2D eigenvalue weighted by Gasteiger charge is 2.11. The molecule has 5 heteroatoms. The molecule has 0 aliphatic carbocycles. The first kappa shape index (κ1) is 19.6. The van der Waals surface area contributed by atoms with Crippen LogP contribution < -0.4 is 5.43 Å². The maximum atomic E-state index is 12.8. The molecule has 5 aromatic rings. The van der Waals surface area contributed by atoms with Gasteiger partial charge in [0.1, 0.15) is 0 Å². The van der Waals surface area contributed by atoms with Crippen LogP contribution in [0, 0.1) is 0 Å². The lowest BCUT2D eigenvalue weighted by molar-refractivity contribution is 0.0955. The van der Waals surface area contributed by atoms with Gasteiger partial charge in [0.2, 0.25) is 0 Å². The van der Waals surface area contributed by atoms with Gasteiger partial charge in [-0.15, -0.1) is 0 Å².